The van der Waals surface area contributed by atoms with E-state index < -0.39 is 11.9 Å². The van der Waals surface area contributed by atoms with Gasteiger partial charge in [0.25, 0.3) is 0 Å². The van der Waals surface area contributed by atoms with E-state index in [0.717, 1.165) is 6.20 Å². The van der Waals surface area contributed by atoms with Gasteiger partial charge >= 0.3 is 6.18 Å². The minimum absolute atomic E-state index is 0.343. The summed E-state index contributed by atoms with van der Waals surface area (Å²) in [5.74, 6) is 0. The Bertz CT molecular complexity index is 326. The van der Waals surface area contributed by atoms with Crippen molar-refractivity contribution in [3.05, 3.63) is 23.8 Å². The number of nitrogens with zero attached hydrogens (tertiary/aromatic N) is 3. The van der Waals surface area contributed by atoms with Gasteiger partial charge in [-0.15, -0.1) is 0 Å². The van der Waals surface area contributed by atoms with Crippen LogP contribution in [0.5, 0.6) is 0 Å². The number of halogens is 3. The summed E-state index contributed by atoms with van der Waals surface area (Å²) in [6.07, 6.45) is -3.00. The molecule has 1 heterocycles. The SMILES string of the molecule is N#Cc1cncc(C(F)(F)F)n1. The van der Waals surface area contributed by atoms with E-state index in [1.54, 1.807) is 0 Å². The van der Waals surface area contributed by atoms with Crippen LogP contribution in [0.15, 0.2) is 12.4 Å². The molecule has 0 saturated heterocycles. The molecular weight excluding hydrogens is 171 g/mol. The van der Waals surface area contributed by atoms with E-state index in [9.17, 15) is 13.2 Å². The molecule has 0 N–H and O–H groups in total. The van der Waals surface area contributed by atoms with Gasteiger partial charge in [0.05, 0.1) is 12.4 Å². The van der Waals surface area contributed by atoms with Crippen molar-refractivity contribution < 1.29 is 13.2 Å². The molecule has 0 unspecified atom stereocenters. The molecule has 1 aromatic rings. The fourth-order valence-corrected chi connectivity index (χ4v) is 0.556. The first-order valence-corrected chi connectivity index (χ1v) is 2.83. The highest BCUT2D eigenvalue weighted by Gasteiger charge is 2.33. The van der Waals surface area contributed by atoms with E-state index in [2.05, 4.69) is 9.97 Å². The largest absolute Gasteiger partial charge is 0.434 e. The van der Waals surface area contributed by atoms with Crippen LogP contribution in [0, 0.1) is 11.3 Å². The first-order valence-electron chi connectivity index (χ1n) is 2.83. The molecule has 0 radical (unpaired) electrons. The second-order valence-electron chi connectivity index (χ2n) is 1.90. The van der Waals surface area contributed by atoms with E-state index in [1.165, 1.54) is 6.07 Å². The topological polar surface area (TPSA) is 49.6 Å². The van der Waals surface area contributed by atoms with Crippen molar-refractivity contribution in [1.29, 1.82) is 5.26 Å². The minimum atomic E-state index is -4.54. The van der Waals surface area contributed by atoms with Crippen molar-refractivity contribution in [2.45, 2.75) is 6.18 Å². The van der Waals surface area contributed by atoms with Crippen molar-refractivity contribution in [3.8, 4) is 6.07 Å². The summed E-state index contributed by atoms with van der Waals surface area (Å²) in [6, 6.07) is 1.47. The lowest BCUT2D eigenvalue weighted by atomic mass is 10.4. The van der Waals surface area contributed by atoms with Crippen LogP contribution in [-0.2, 0) is 6.18 Å². The highest BCUT2D eigenvalue weighted by atomic mass is 19.4. The Morgan fingerprint density at radius 1 is 1.33 bits per heavy atom. The number of hydrogen-bond acceptors (Lipinski definition) is 3. The Kier molecular flexibility index (Phi) is 1.95. The Balaban J connectivity index is 3.13. The molecular formula is C6H2F3N3. The first kappa shape index (κ1) is 8.46. The highest BCUT2D eigenvalue weighted by molar-refractivity contribution is 5.18. The lowest BCUT2D eigenvalue weighted by molar-refractivity contribution is -0.141. The summed E-state index contributed by atoms with van der Waals surface area (Å²) in [5, 5.41) is 8.21. The molecule has 6 heteroatoms. The van der Waals surface area contributed by atoms with Crippen LogP contribution in [0.1, 0.15) is 11.4 Å². The quantitative estimate of drug-likeness (QED) is 0.595. The monoisotopic (exact) mass is 173 g/mol. The van der Waals surface area contributed by atoms with E-state index in [0.29, 0.717) is 6.20 Å². The van der Waals surface area contributed by atoms with Crippen LogP contribution in [0.2, 0.25) is 0 Å². The third-order valence-electron chi connectivity index (χ3n) is 1.04. The van der Waals surface area contributed by atoms with Gasteiger partial charge in [-0.3, -0.25) is 4.98 Å². The maximum absolute atomic E-state index is 11.9. The fourth-order valence-electron chi connectivity index (χ4n) is 0.556. The number of hydrogen-bond donors (Lipinski definition) is 0. The zero-order valence-electron chi connectivity index (χ0n) is 5.63. The average molecular weight is 173 g/mol. The van der Waals surface area contributed by atoms with E-state index in [4.69, 9.17) is 5.26 Å². The second-order valence-corrected chi connectivity index (χ2v) is 1.90. The molecule has 1 aromatic heterocycles. The zero-order valence-corrected chi connectivity index (χ0v) is 5.63. The van der Waals surface area contributed by atoms with Gasteiger partial charge in [0.2, 0.25) is 0 Å². The van der Waals surface area contributed by atoms with Gasteiger partial charge in [-0.25, -0.2) is 4.98 Å². The average Bonchev–Trinajstić information content (AvgIpc) is 2.03. The smallest absolute Gasteiger partial charge is 0.259 e. The molecule has 12 heavy (non-hydrogen) atoms. The van der Waals surface area contributed by atoms with Crippen LogP contribution >= 0.6 is 0 Å². The number of rotatable bonds is 0. The van der Waals surface area contributed by atoms with Crippen molar-refractivity contribution >= 4 is 0 Å². The third-order valence-corrected chi connectivity index (χ3v) is 1.04. The molecule has 0 aliphatic heterocycles. The molecule has 0 aliphatic carbocycles. The van der Waals surface area contributed by atoms with Crippen LogP contribution < -0.4 is 0 Å². The summed E-state index contributed by atoms with van der Waals surface area (Å²) in [6.45, 7) is 0. The van der Waals surface area contributed by atoms with Gasteiger partial charge in [0.1, 0.15) is 6.07 Å². The molecule has 0 aliphatic rings. The van der Waals surface area contributed by atoms with Gasteiger partial charge in [-0.05, 0) is 0 Å². The lowest BCUT2D eigenvalue weighted by Crippen LogP contribution is -2.09. The van der Waals surface area contributed by atoms with Crippen LogP contribution in [0.3, 0.4) is 0 Å². The molecule has 0 atom stereocenters. The van der Waals surface area contributed by atoms with Crippen LogP contribution in [0.25, 0.3) is 0 Å². The lowest BCUT2D eigenvalue weighted by Gasteiger charge is -2.03. The summed E-state index contributed by atoms with van der Waals surface area (Å²) in [7, 11) is 0. The van der Waals surface area contributed by atoms with Gasteiger partial charge < -0.3 is 0 Å². The molecule has 62 valence electrons. The van der Waals surface area contributed by atoms with Crippen molar-refractivity contribution in [1.82, 2.24) is 9.97 Å². The van der Waals surface area contributed by atoms with Crippen molar-refractivity contribution in [2.75, 3.05) is 0 Å². The van der Waals surface area contributed by atoms with Gasteiger partial charge in [-0.1, -0.05) is 0 Å². The Hall–Kier alpha value is -1.64. The molecule has 0 amide bonds. The predicted molar refractivity (Wildman–Crippen MR) is 31.7 cm³/mol. The predicted octanol–water partition coefficient (Wildman–Crippen LogP) is 1.37. The maximum atomic E-state index is 11.9. The molecule has 3 nitrogen and oxygen atoms in total. The number of aromatic nitrogens is 2. The Labute approximate surface area is 65.5 Å². The molecule has 0 saturated carbocycles. The van der Waals surface area contributed by atoms with Crippen molar-refractivity contribution in [2.24, 2.45) is 0 Å². The molecule has 0 aromatic carbocycles. The summed E-state index contributed by atoms with van der Waals surface area (Å²) in [5.41, 5.74) is -1.49. The van der Waals surface area contributed by atoms with Crippen LogP contribution in [-0.4, -0.2) is 9.97 Å². The van der Waals surface area contributed by atoms with Crippen LogP contribution in [0.4, 0.5) is 13.2 Å². The molecule has 1 rings (SSSR count). The second kappa shape index (κ2) is 2.77. The van der Waals surface area contributed by atoms with E-state index in [1.807, 2.05) is 0 Å². The van der Waals surface area contributed by atoms with Gasteiger partial charge in [0.15, 0.2) is 11.4 Å². The maximum Gasteiger partial charge on any atom is 0.434 e. The van der Waals surface area contributed by atoms with E-state index >= 15 is 0 Å². The fraction of sp³-hybridized carbons (Fsp3) is 0.167. The first-order chi connectivity index (χ1) is 5.54. The third kappa shape index (κ3) is 1.69. The van der Waals surface area contributed by atoms with Crippen molar-refractivity contribution in [3.63, 3.8) is 0 Å². The van der Waals surface area contributed by atoms with Gasteiger partial charge in [-0.2, -0.15) is 18.4 Å². The highest BCUT2D eigenvalue weighted by Crippen LogP contribution is 2.26. The molecule has 0 bridgehead atoms. The standard InChI is InChI=1S/C6H2F3N3/c7-6(8,9)5-3-11-2-4(1-10)12-5/h2-3H. The number of alkyl halides is 3. The minimum Gasteiger partial charge on any atom is -0.259 e. The summed E-state index contributed by atoms with van der Waals surface area (Å²) >= 11 is 0. The number of nitriles is 1. The Morgan fingerprint density at radius 2 is 2.00 bits per heavy atom. The van der Waals surface area contributed by atoms with E-state index in [-0.39, 0.29) is 5.69 Å². The Morgan fingerprint density at radius 3 is 2.50 bits per heavy atom. The van der Waals surface area contributed by atoms with Gasteiger partial charge in [0, 0.05) is 0 Å². The molecule has 0 spiro atoms. The zero-order chi connectivity index (χ0) is 9.19. The molecule has 0 fully saturated rings. The normalized spacial score (nSPS) is 10.8. The summed E-state index contributed by atoms with van der Waals surface area (Å²) in [4.78, 5) is 6.23. The summed E-state index contributed by atoms with van der Waals surface area (Å²) < 4.78 is 35.7.